The van der Waals surface area contributed by atoms with Crippen molar-refractivity contribution >= 4 is 12.0 Å². The number of likely N-dealkylation sites (tertiary alicyclic amines) is 1. The molecule has 1 aliphatic rings. The van der Waals surface area contributed by atoms with Gasteiger partial charge in [-0.1, -0.05) is 0 Å². The van der Waals surface area contributed by atoms with Gasteiger partial charge in [0.15, 0.2) is 0 Å². The maximum absolute atomic E-state index is 11.7. The van der Waals surface area contributed by atoms with E-state index >= 15 is 0 Å². The van der Waals surface area contributed by atoms with E-state index in [9.17, 15) is 14.7 Å². The Morgan fingerprint density at radius 1 is 1.47 bits per heavy atom. The molecular weight excluding hydrogens is 226 g/mol. The number of aliphatic carboxylic acids is 1. The van der Waals surface area contributed by atoms with Crippen molar-refractivity contribution in [3.05, 3.63) is 0 Å². The molecule has 1 heterocycles. The predicted octanol–water partition coefficient (Wildman–Crippen LogP) is -1.22. The number of β-amino-alcohol motifs (C(OH)–C–C–N with tert-alkyl or cyclic N) is 1. The van der Waals surface area contributed by atoms with E-state index in [0.717, 1.165) is 0 Å². The second-order valence-corrected chi connectivity index (χ2v) is 4.43. The Morgan fingerprint density at radius 2 is 2.12 bits per heavy atom. The molecule has 0 aromatic rings. The third-order valence-electron chi connectivity index (χ3n) is 2.66. The SMILES string of the molecule is CN(C)CCNC(=O)N1CC(O)C[C@H]1C(=O)O. The van der Waals surface area contributed by atoms with Gasteiger partial charge in [0.2, 0.25) is 0 Å². The highest BCUT2D eigenvalue weighted by Gasteiger charge is 2.38. The number of carbonyl (C=O) groups excluding carboxylic acids is 1. The molecule has 3 N–H and O–H groups in total. The second-order valence-electron chi connectivity index (χ2n) is 4.43. The van der Waals surface area contributed by atoms with Crippen molar-refractivity contribution in [3.63, 3.8) is 0 Å². The zero-order valence-electron chi connectivity index (χ0n) is 10.1. The van der Waals surface area contributed by atoms with Gasteiger partial charge in [-0.3, -0.25) is 0 Å². The van der Waals surface area contributed by atoms with Crippen molar-refractivity contribution in [1.82, 2.24) is 15.1 Å². The summed E-state index contributed by atoms with van der Waals surface area (Å²) in [5.41, 5.74) is 0. The van der Waals surface area contributed by atoms with E-state index in [0.29, 0.717) is 13.1 Å². The molecule has 0 aromatic carbocycles. The number of rotatable bonds is 4. The Kier molecular flexibility index (Phi) is 4.71. The van der Waals surface area contributed by atoms with Crippen LogP contribution in [0.3, 0.4) is 0 Å². The summed E-state index contributed by atoms with van der Waals surface area (Å²) in [6, 6.07) is -1.36. The Morgan fingerprint density at radius 3 is 2.65 bits per heavy atom. The van der Waals surface area contributed by atoms with Gasteiger partial charge in [0.05, 0.1) is 6.10 Å². The fourth-order valence-corrected chi connectivity index (χ4v) is 1.76. The summed E-state index contributed by atoms with van der Waals surface area (Å²) in [4.78, 5) is 25.7. The highest BCUT2D eigenvalue weighted by Crippen LogP contribution is 2.17. The maximum Gasteiger partial charge on any atom is 0.326 e. The normalized spacial score (nSPS) is 24.1. The quantitative estimate of drug-likeness (QED) is 0.577. The van der Waals surface area contributed by atoms with Gasteiger partial charge in [-0.25, -0.2) is 9.59 Å². The summed E-state index contributed by atoms with van der Waals surface area (Å²) in [5, 5.41) is 20.9. The van der Waals surface area contributed by atoms with E-state index in [2.05, 4.69) is 5.32 Å². The van der Waals surface area contributed by atoms with Crippen molar-refractivity contribution in [2.24, 2.45) is 0 Å². The van der Waals surface area contributed by atoms with Crippen LogP contribution < -0.4 is 5.32 Å². The van der Waals surface area contributed by atoms with Crippen LogP contribution in [0.5, 0.6) is 0 Å². The fraction of sp³-hybridized carbons (Fsp3) is 0.800. The molecule has 1 aliphatic heterocycles. The Bertz CT molecular complexity index is 295. The van der Waals surface area contributed by atoms with Crippen molar-refractivity contribution in [1.29, 1.82) is 0 Å². The van der Waals surface area contributed by atoms with E-state index in [4.69, 9.17) is 5.11 Å². The molecule has 2 atom stereocenters. The molecule has 1 fully saturated rings. The Hall–Kier alpha value is -1.34. The first-order chi connectivity index (χ1) is 7.91. The zero-order chi connectivity index (χ0) is 13.0. The number of nitrogens with one attached hydrogen (secondary N) is 1. The van der Waals surface area contributed by atoms with Crippen molar-refractivity contribution in [3.8, 4) is 0 Å². The fourth-order valence-electron chi connectivity index (χ4n) is 1.76. The van der Waals surface area contributed by atoms with Crippen molar-refractivity contribution < 1.29 is 19.8 Å². The molecule has 1 saturated heterocycles. The van der Waals surface area contributed by atoms with Crippen molar-refractivity contribution in [2.45, 2.75) is 18.6 Å². The number of urea groups is 1. The number of likely N-dealkylation sites (N-methyl/N-ethyl adjacent to an activating group) is 1. The molecule has 98 valence electrons. The smallest absolute Gasteiger partial charge is 0.326 e. The van der Waals surface area contributed by atoms with Crippen LogP contribution in [-0.2, 0) is 4.79 Å². The van der Waals surface area contributed by atoms with Gasteiger partial charge in [0.1, 0.15) is 6.04 Å². The minimum Gasteiger partial charge on any atom is -0.480 e. The zero-order valence-corrected chi connectivity index (χ0v) is 10.1. The lowest BCUT2D eigenvalue weighted by molar-refractivity contribution is -0.141. The number of hydrogen-bond donors (Lipinski definition) is 3. The molecule has 0 aromatic heterocycles. The van der Waals surface area contributed by atoms with Crippen LogP contribution in [-0.4, -0.2) is 77.9 Å². The largest absolute Gasteiger partial charge is 0.480 e. The van der Waals surface area contributed by atoms with E-state index in [1.54, 1.807) is 0 Å². The molecule has 0 radical (unpaired) electrons. The van der Waals surface area contributed by atoms with Crippen LogP contribution in [0.2, 0.25) is 0 Å². The number of carboxylic acid groups (broad SMARTS) is 1. The summed E-state index contributed by atoms with van der Waals surface area (Å²) in [7, 11) is 3.76. The first kappa shape index (κ1) is 13.7. The number of carboxylic acids is 1. The van der Waals surface area contributed by atoms with Crippen LogP contribution in [0.1, 0.15) is 6.42 Å². The van der Waals surface area contributed by atoms with Gasteiger partial charge >= 0.3 is 12.0 Å². The van der Waals surface area contributed by atoms with Gasteiger partial charge < -0.3 is 25.3 Å². The molecule has 0 bridgehead atoms. The maximum atomic E-state index is 11.7. The van der Waals surface area contributed by atoms with Crippen LogP contribution in [0, 0.1) is 0 Å². The highest BCUT2D eigenvalue weighted by atomic mass is 16.4. The summed E-state index contributed by atoms with van der Waals surface area (Å²) >= 11 is 0. The summed E-state index contributed by atoms with van der Waals surface area (Å²) < 4.78 is 0. The molecule has 2 amide bonds. The van der Waals surface area contributed by atoms with Gasteiger partial charge in [-0.15, -0.1) is 0 Å². The number of nitrogens with zero attached hydrogens (tertiary/aromatic N) is 2. The summed E-state index contributed by atoms with van der Waals surface area (Å²) in [6.45, 7) is 1.20. The highest BCUT2D eigenvalue weighted by molar-refractivity contribution is 5.83. The average Bonchev–Trinajstić information content (AvgIpc) is 2.59. The number of carbonyl (C=O) groups is 2. The number of aliphatic hydroxyl groups is 1. The molecule has 1 rings (SSSR count). The van der Waals surface area contributed by atoms with E-state index < -0.39 is 24.1 Å². The summed E-state index contributed by atoms with van der Waals surface area (Å²) in [6.07, 6.45) is -0.660. The van der Waals surface area contributed by atoms with Crippen molar-refractivity contribution in [2.75, 3.05) is 33.7 Å². The Balaban J connectivity index is 2.47. The van der Waals surface area contributed by atoms with Gasteiger partial charge in [0.25, 0.3) is 0 Å². The first-order valence-corrected chi connectivity index (χ1v) is 5.52. The van der Waals surface area contributed by atoms with Gasteiger partial charge in [-0.05, 0) is 14.1 Å². The van der Waals surface area contributed by atoms with Crippen LogP contribution in [0.15, 0.2) is 0 Å². The molecule has 1 unspecified atom stereocenters. The first-order valence-electron chi connectivity index (χ1n) is 5.52. The Labute approximate surface area is 100.0 Å². The number of amides is 2. The minimum atomic E-state index is -1.08. The topological polar surface area (TPSA) is 93.1 Å². The standard InChI is InChI=1S/C10H19N3O4/c1-12(2)4-3-11-10(17)13-6-7(14)5-8(13)9(15)16/h7-8,14H,3-6H2,1-2H3,(H,11,17)(H,15,16)/t7?,8-/m0/s1. The second kappa shape index (κ2) is 5.83. The lowest BCUT2D eigenvalue weighted by Gasteiger charge is -2.22. The van der Waals surface area contributed by atoms with E-state index in [1.807, 2.05) is 19.0 Å². The average molecular weight is 245 g/mol. The summed E-state index contributed by atoms with van der Waals surface area (Å²) in [5.74, 6) is -1.08. The van der Waals surface area contributed by atoms with Crippen LogP contribution >= 0.6 is 0 Å². The van der Waals surface area contributed by atoms with E-state index in [-0.39, 0.29) is 13.0 Å². The molecule has 7 nitrogen and oxygen atoms in total. The molecule has 0 spiro atoms. The molecular formula is C10H19N3O4. The lowest BCUT2D eigenvalue weighted by Crippen LogP contribution is -2.47. The third kappa shape index (κ3) is 3.86. The molecule has 17 heavy (non-hydrogen) atoms. The van der Waals surface area contributed by atoms with Gasteiger partial charge in [-0.2, -0.15) is 0 Å². The van der Waals surface area contributed by atoms with Crippen LogP contribution in [0.4, 0.5) is 4.79 Å². The number of aliphatic hydroxyl groups excluding tert-OH is 1. The van der Waals surface area contributed by atoms with E-state index in [1.165, 1.54) is 4.90 Å². The molecule has 0 saturated carbocycles. The molecule has 0 aliphatic carbocycles. The lowest BCUT2D eigenvalue weighted by atomic mass is 10.2. The number of hydrogen-bond acceptors (Lipinski definition) is 4. The third-order valence-corrected chi connectivity index (χ3v) is 2.66. The van der Waals surface area contributed by atoms with Crippen LogP contribution in [0.25, 0.3) is 0 Å². The monoisotopic (exact) mass is 245 g/mol. The minimum absolute atomic E-state index is 0.0742. The molecule has 7 heteroatoms. The predicted molar refractivity (Wildman–Crippen MR) is 60.7 cm³/mol. The van der Waals surface area contributed by atoms with Gasteiger partial charge in [0, 0.05) is 26.1 Å².